The highest BCUT2D eigenvalue weighted by atomic mass is 32.1. The molecule has 0 bridgehead atoms. The van der Waals surface area contributed by atoms with Gasteiger partial charge in [-0.15, -0.1) is 0 Å². The molecule has 92 valence electrons. The monoisotopic (exact) mass is 244 g/mol. The quantitative estimate of drug-likeness (QED) is 0.731. The van der Waals surface area contributed by atoms with Crippen molar-refractivity contribution in [1.29, 1.82) is 0 Å². The topological polar surface area (TPSA) is 55.6 Å². The Hall–Kier alpha value is -0.680. The minimum Gasteiger partial charge on any atom is -0.392 e. The van der Waals surface area contributed by atoms with E-state index in [0.29, 0.717) is 24.7 Å². The summed E-state index contributed by atoms with van der Waals surface area (Å²) >= 11 is 4.86. The summed E-state index contributed by atoms with van der Waals surface area (Å²) in [6, 6.07) is 0. The van der Waals surface area contributed by atoms with Gasteiger partial charge in [0.05, 0.1) is 30.2 Å². The Labute approximate surface area is 102 Å². The van der Waals surface area contributed by atoms with Gasteiger partial charge < -0.3 is 15.4 Å². The molecule has 1 fully saturated rings. The van der Waals surface area contributed by atoms with Gasteiger partial charge in [0, 0.05) is 6.54 Å². The fourth-order valence-electron chi connectivity index (χ4n) is 1.97. The van der Waals surface area contributed by atoms with Crippen LogP contribution in [-0.2, 0) is 9.53 Å². The van der Waals surface area contributed by atoms with E-state index in [0.717, 1.165) is 12.8 Å². The summed E-state index contributed by atoms with van der Waals surface area (Å²) < 4.78 is 5.41. The summed E-state index contributed by atoms with van der Waals surface area (Å²) in [5, 5.41) is 0. The summed E-state index contributed by atoms with van der Waals surface area (Å²) in [4.78, 5) is 14.3. The van der Waals surface area contributed by atoms with Gasteiger partial charge in [-0.2, -0.15) is 0 Å². The number of thiocarbonyl (C=S) groups is 1. The van der Waals surface area contributed by atoms with Gasteiger partial charge in [-0.25, -0.2) is 0 Å². The van der Waals surface area contributed by atoms with Gasteiger partial charge in [-0.05, 0) is 19.8 Å². The first-order chi connectivity index (χ1) is 7.54. The van der Waals surface area contributed by atoms with Gasteiger partial charge in [0.1, 0.15) is 0 Å². The molecule has 1 amide bonds. The van der Waals surface area contributed by atoms with E-state index in [2.05, 4.69) is 0 Å². The van der Waals surface area contributed by atoms with Crippen LogP contribution in [0, 0.1) is 5.92 Å². The maximum Gasteiger partial charge on any atom is 0.228 e. The van der Waals surface area contributed by atoms with E-state index in [4.69, 9.17) is 22.7 Å². The third kappa shape index (κ3) is 3.72. The Balaban J connectivity index is 2.56. The highest BCUT2D eigenvalue weighted by Crippen LogP contribution is 2.21. The van der Waals surface area contributed by atoms with Gasteiger partial charge in [0.15, 0.2) is 0 Å². The molecule has 0 saturated carbocycles. The van der Waals surface area contributed by atoms with Crippen LogP contribution in [0.15, 0.2) is 0 Å². The van der Waals surface area contributed by atoms with Crippen molar-refractivity contribution in [3.05, 3.63) is 0 Å². The zero-order chi connectivity index (χ0) is 12.1. The number of ether oxygens (including phenoxy) is 1. The molecular formula is C11H20N2O2S. The standard InChI is InChI=1S/C11H20N2O2S/c1-3-4-13(6-10(12)16)11(14)9-5-8(2)15-7-9/h8-9H,3-7H2,1-2H3,(H2,12,16). The lowest BCUT2D eigenvalue weighted by molar-refractivity contribution is -0.134. The van der Waals surface area contributed by atoms with E-state index in [1.54, 1.807) is 4.90 Å². The molecule has 16 heavy (non-hydrogen) atoms. The van der Waals surface area contributed by atoms with Gasteiger partial charge in [0.2, 0.25) is 5.91 Å². The molecule has 2 N–H and O–H groups in total. The van der Waals surface area contributed by atoms with Crippen LogP contribution in [-0.4, -0.2) is 41.6 Å². The molecule has 4 nitrogen and oxygen atoms in total. The lowest BCUT2D eigenvalue weighted by Crippen LogP contribution is -2.41. The Morgan fingerprint density at radius 3 is 2.75 bits per heavy atom. The van der Waals surface area contributed by atoms with Crippen molar-refractivity contribution in [2.45, 2.75) is 32.8 Å². The zero-order valence-electron chi connectivity index (χ0n) is 9.94. The molecule has 0 aromatic heterocycles. The van der Waals surface area contributed by atoms with E-state index in [-0.39, 0.29) is 17.9 Å². The second-order valence-corrected chi connectivity index (χ2v) is 4.83. The summed E-state index contributed by atoms with van der Waals surface area (Å²) in [5.74, 6) is 0.106. The number of amides is 1. The summed E-state index contributed by atoms with van der Waals surface area (Å²) in [5.41, 5.74) is 5.49. The van der Waals surface area contributed by atoms with Crippen LogP contribution in [0.5, 0.6) is 0 Å². The van der Waals surface area contributed by atoms with Crippen LogP contribution < -0.4 is 5.73 Å². The Bertz CT molecular complexity index is 271. The van der Waals surface area contributed by atoms with Crippen LogP contribution in [0.25, 0.3) is 0 Å². The molecule has 1 saturated heterocycles. The van der Waals surface area contributed by atoms with Crippen molar-refractivity contribution < 1.29 is 9.53 Å². The number of hydrogen-bond donors (Lipinski definition) is 1. The molecule has 1 heterocycles. The van der Waals surface area contributed by atoms with E-state index in [1.165, 1.54) is 0 Å². The predicted octanol–water partition coefficient (Wildman–Crippen LogP) is 0.936. The average molecular weight is 244 g/mol. The molecular weight excluding hydrogens is 224 g/mol. The third-order valence-corrected chi connectivity index (χ3v) is 2.83. The number of nitrogens with zero attached hydrogens (tertiary/aromatic N) is 1. The van der Waals surface area contributed by atoms with Gasteiger partial charge in [0.25, 0.3) is 0 Å². The van der Waals surface area contributed by atoms with Crippen molar-refractivity contribution in [3.63, 3.8) is 0 Å². The second-order valence-electron chi connectivity index (χ2n) is 4.30. The zero-order valence-corrected chi connectivity index (χ0v) is 10.8. The van der Waals surface area contributed by atoms with E-state index in [9.17, 15) is 4.79 Å². The molecule has 2 unspecified atom stereocenters. The van der Waals surface area contributed by atoms with Crippen molar-refractivity contribution in [3.8, 4) is 0 Å². The first-order valence-electron chi connectivity index (χ1n) is 5.73. The first kappa shape index (κ1) is 13.4. The Morgan fingerprint density at radius 1 is 1.62 bits per heavy atom. The lowest BCUT2D eigenvalue weighted by Gasteiger charge is -2.24. The maximum atomic E-state index is 12.1. The average Bonchev–Trinajstić information content (AvgIpc) is 2.62. The highest BCUT2D eigenvalue weighted by Gasteiger charge is 2.31. The molecule has 0 aliphatic carbocycles. The SMILES string of the molecule is CCCN(CC(N)=S)C(=O)C1COC(C)C1. The fourth-order valence-corrected chi connectivity index (χ4v) is 2.13. The second kappa shape index (κ2) is 6.15. The van der Waals surface area contributed by atoms with Crippen molar-refractivity contribution >= 4 is 23.1 Å². The van der Waals surface area contributed by atoms with Crippen LogP contribution in [0.2, 0.25) is 0 Å². The smallest absolute Gasteiger partial charge is 0.228 e. The van der Waals surface area contributed by atoms with Crippen LogP contribution in [0.3, 0.4) is 0 Å². The van der Waals surface area contributed by atoms with Crippen LogP contribution >= 0.6 is 12.2 Å². The Kier molecular flexibility index (Phi) is 5.15. The van der Waals surface area contributed by atoms with Gasteiger partial charge >= 0.3 is 0 Å². The van der Waals surface area contributed by atoms with Crippen molar-refractivity contribution in [2.24, 2.45) is 11.7 Å². The number of carbonyl (C=O) groups excluding carboxylic acids is 1. The summed E-state index contributed by atoms with van der Waals surface area (Å²) in [6.07, 6.45) is 1.90. The third-order valence-electron chi connectivity index (χ3n) is 2.70. The molecule has 1 aliphatic heterocycles. The predicted molar refractivity (Wildman–Crippen MR) is 67.2 cm³/mol. The van der Waals surface area contributed by atoms with E-state index < -0.39 is 0 Å². The molecule has 1 aliphatic rings. The molecule has 0 aromatic rings. The fraction of sp³-hybridized carbons (Fsp3) is 0.818. The Morgan fingerprint density at radius 2 is 2.31 bits per heavy atom. The first-order valence-corrected chi connectivity index (χ1v) is 6.14. The minimum atomic E-state index is -0.0177. The van der Waals surface area contributed by atoms with Crippen molar-refractivity contribution in [2.75, 3.05) is 19.7 Å². The highest BCUT2D eigenvalue weighted by molar-refractivity contribution is 7.80. The van der Waals surface area contributed by atoms with Crippen LogP contribution in [0.4, 0.5) is 0 Å². The number of carbonyl (C=O) groups is 1. The molecule has 0 aromatic carbocycles. The molecule has 0 spiro atoms. The van der Waals surface area contributed by atoms with Crippen LogP contribution in [0.1, 0.15) is 26.7 Å². The van der Waals surface area contributed by atoms with Gasteiger partial charge in [-0.1, -0.05) is 19.1 Å². The van der Waals surface area contributed by atoms with Crippen molar-refractivity contribution in [1.82, 2.24) is 4.90 Å². The number of hydrogen-bond acceptors (Lipinski definition) is 3. The van der Waals surface area contributed by atoms with E-state index >= 15 is 0 Å². The number of rotatable bonds is 5. The van der Waals surface area contributed by atoms with Gasteiger partial charge in [-0.3, -0.25) is 4.79 Å². The molecule has 5 heteroatoms. The lowest BCUT2D eigenvalue weighted by atomic mass is 10.0. The largest absolute Gasteiger partial charge is 0.392 e. The number of nitrogens with two attached hydrogens (primary N) is 1. The normalized spacial score (nSPS) is 24.4. The molecule has 0 radical (unpaired) electrons. The minimum absolute atomic E-state index is 0.0177. The molecule has 1 rings (SSSR count). The maximum absolute atomic E-state index is 12.1. The summed E-state index contributed by atoms with van der Waals surface area (Å²) in [7, 11) is 0. The summed E-state index contributed by atoms with van der Waals surface area (Å²) in [6.45, 7) is 5.64. The van der Waals surface area contributed by atoms with E-state index in [1.807, 2.05) is 13.8 Å². The molecule has 2 atom stereocenters.